The van der Waals surface area contributed by atoms with Crippen LogP contribution < -0.4 is 15.5 Å². The number of nitrogens with one attached hydrogen (secondary N) is 2. The minimum atomic E-state index is -0.402. The third kappa shape index (κ3) is 4.00. The van der Waals surface area contributed by atoms with Gasteiger partial charge in [0, 0.05) is 12.1 Å². The first-order chi connectivity index (χ1) is 14.6. The number of hydrogen-bond donors (Lipinski definition) is 2. The zero-order chi connectivity index (χ0) is 21.1. The SMILES string of the molecule is CCc1ccc(C2Nn3c(CC)nnc3SC2C(=O)Nc2ccc(OC)cc2)cc1. The van der Waals surface area contributed by atoms with Crippen LogP contribution in [0.3, 0.4) is 0 Å². The summed E-state index contributed by atoms with van der Waals surface area (Å²) >= 11 is 1.43. The molecular formula is C22H25N5O2S. The second kappa shape index (κ2) is 8.79. The van der Waals surface area contributed by atoms with Crippen LogP contribution in [0.25, 0.3) is 0 Å². The van der Waals surface area contributed by atoms with Gasteiger partial charge in [-0.3, -0.25) is 4.79 Å². The normalized spacial score (nSPS) is 17.7. The number of thioether (sulfide) groups is 1. The topological polar surface area (TPSA) is 81.1 Å². The molecule has 0 bridgehead atoms. The van der Waals surface area contributed by atoms with Crippen molar-refractivity contribution in [3.8, 4) is 5.75 Å². The minimum Gasteiger partial charge on any atom is -0.497 e. The van der Waals surface area contributed by atoms with Crippen molar-refractivity contribution in [3.63, 3.8) is 0 Å². The predicted molar refractivity (Wildman–Crippen MR) is 119 cm³/mol. The Morgan fingerprint density at radius 1 is 1.10 bits per heavy atom. The summed E-state index contributed by atoms with van der Waals surface area (Å²) < 4.78 is 7.09. The third-order valence-electron chi connectivity index (χ3n) is 5.18. The smallest absolute Gasteiger partial charge is 0.240 e. The van der Waals surface area contributed by atoms with Crippen LogP contribution in [0.15, 0.2) is 53.7 Å². The van der Waals surface area contributed by atoms with Crippen molar-refractivity contribution < 1.29 is 9.53 Å². The van der Waals surface area contributed by atoms with E-state index in [1.807, 2.05) is 35.9 Å². The van der Waals surface area contributed by atoms with Crippen LogP contribution in [0, 0.1) is 0 Å². The van der Waals surface area contributed by atoms with Gasteiger partial charge in [0.2, 0.25) is 11.1 Å². The van der Waals surface area contributed by atoms with Crippen molar-refractivity contribution in [2.45, 2.75) is 43.1 Å². The van der Waals surface area contributed by atoms with E-state index in [9.17, 15) is 4.79 Å². The Balaban J connectivity index is 1.63. The number of fused-ring (bicyclic) bond motifs is 1. The van der Waals surface area contributed by atoms with E-state index in [-0.39, 0.29) is 11.9 Å². The molecule has 30 heavy (non-hydrogen) atoms. The van der Waals surface area contributed by atoms with Crippen molar-refractivity contribution >= 4 is 23.4 Å². The summed E-state index contributed by atoms with van der Waals surface area (Å²) in [6, 6.07) is 15.5. The van der Waals surface area contributed by atoms with Crippen molar-refractivity contribution in [2.24, 2.45) is 0 Å². The largest absolute Gasteiger partial charge is 0.497 e. The van der Waals surface area contributed by atoms with Gasteiger partial charge in [-0.2, -0.15) is 0 Å². The number of hydrogen-bond acceptors (Lipinski definition) is 6. The van der Waals surface area contributed by atoms with Gasteiger partial charge in [0.25, 0.3) is 0 Å². The average Bonchev–Trinajstić information content (AvgIpc) is 3.21. The molecule has 3 aromatic rings. The Morgan fingerprint density at radius 2 is 1.83 bits per heavy atom. The number of methoxy groups -OCH3 is 1. The van der Waals surface area contributed by atoms with Crippen LogP contribution in [0.4, 0.5) is 5.69 Å². The molecule has 0 radical (unpaired) electrons. The molecule has 7 nitrogen and oxygen atoms in total. The van der Waals surface area contributed by atoms with Crippen LogP contribution in [0.1, 0.15) is 36.8 Å². The summed E-state index contributed by atoms with van der Waals surface area (Å²) in [5, 5.41) is 11.8. The van der Waals surface area contributed by atoms with Gasteiger partial charge in [0.1, 0.15) is 11.0 Å². The molecular weight excluding hydrogens is 398 g/mol. The highest BCUT2D eigenvalue weighted by molar-refractivity contribution is 8.00. The van der Waals surface area contributed by atoms with Gasteiger partial charge >= 0.3 is 0 Å². The Hall–Kier alpha value is -3.00. The summed E-state index contributed by atoms with van der Waals surface area (Å²) in [6.07, 6.45) is 1.73. The van der Waals surface area contributed by atoms with Gasteiger partial charge in [-0.05, 0) is 41.8 Å². The summed E-state index contributed by atoms with van der Waals surface area (Å²) in [6.45, 7) is 4.17. The number of carbonyl (C=O) groups is 1. The first-order valence-corrected chi connectivity index (χ1v) is 10.9. The molecule has 1 aliphatic rings. The van der Waals surface area contributed by atoms with E-state index in [0.717, 1.165) is 35.7 Å². The lowest BCUT2D eigenvalue weighted by Gasteiger charge is -2.33. The molecule has 1 aromatic heterocycles. The lowest BCUT2D eigenvalue weighted by atomic mass is 10.0. The molecule has 0 fully saturated rings. The molecule has 2 heterocycles. The molecule has 0 saturated heterocycles. The first-order valence-electron chi connectivity index (χ1n) is 10.0. The van der Waals surface area contributed by atoms with E-state index in [1.165, 1.54) is 17.3 Å². The monoisotopic (exact) mass is 423 g/mol. The van der Waals surface area contributed by atoms with Crippen LogP contribution in [-0.4, -0.2) is 33.1 Å². The van der Waals surface area contributed by atoms with Crippen molar-refractivity contribution in [3.05, 3.63) is 65.5 Å². The summed E-state index contributed by atoms with van der Waals surface area (Å²) in [4.78, 5) is 13.3. The number of aromatic nitrogens is 3. The summed E-state index contributed by atoms with van der Waals surface area (Å²) in [5.41, 5.74) is 6.52. The van der Waals surface area contributed by atoms with Gasteiger partial charge in [-0.15, -0.1) is 10.2 Å². The van der Waals surface area contributed by atoms with E-state index < -0.39 is 5.25 Å². The van der Waals surface area contributed by atoms with E-state index in [4.69, 9.17) is 4.74 Å². The Morgan fingerprint density at radius 3 is 2.47 bits per heavy atom. The van der Waals surface area contributed by atoms with Gasteiger partial charge in [0.15, 0.2) is 5.82 Å². The molecule has 2 N–H and O–H groups in total. The Labute approximate surface area is 180 Å². The maximum Gasteiger partial charge on any atom is 0.240 e. The lowest BCUT2D eigenvalue weighted by molar-refractivity contribution is -0.116. The molecule has 2 unspecified atom stereocenters. The van der Waals surface area contributed by atoms with Crippen LogP contribution >= 0.6 is 11.8 Å². The molecule has 0 saturated carbocycles. The van der Waals surface area contributed by atoms with E-state index in [2.05, 4.69) is 52.1 Å². The molecule has 4 rings (SSSR count). The number of rotatable bonds is 6. The molecule has 156 valence electrons. The fourth-order valence-corrected chi connectivity index (χ4v) is 4.52. The molecule has 1 amide bonds. The minimum absolute atomic E-state index is 0.0884. The van der Waals surface area contributed by atoms with E-state index in [0.29, 0.717) is 5.16 Å². The van der Waals surface area contributed by atoms with Crippen LogP contribution in [-0.2, 0) is 17.6 Å². The van der Waals surface area contributed by atoms with Crippen LogP contribution in [0.2, 0.25) is 0 Å². The Bertz CT molecular complexity index is 1020. The predicted octanol–water partition coefficient (Wildman–Crippen LogP) is 3.81. The number of nitrogens with zero attached hydrogens (tertiary/aromatic N) is 3. The van der Waals surface area contributed by atoms with Gasteiger partial charge in [0.05, 0.1) is 13.2 Å². The number of benzene rings is 2. The van der Waals surface area contributed by atoms with Crippen LogP contribution in [0.5, 0.6) is 5.75 Å². The van der Waals surface area contributed by atoms with E-state index >= 15 is 0 Å². The second-order valence-electron chi connectivity index (χ2n) is 7.05. The standard InChI is InChI=1S/C22H25N5O2S/c1-4-14-6-8-15(9-7-14)19-20(30-22-25-24-18(5-2)27(22)26-19)21(28)23-16-10-12-17(29-3)13-11-16/h6-13,19-20,26H,4-5H2,1-3H3,(H,23,28). The number of aryl methyl sites for hydroxylation is 2. The molecule has 2 atom stereocenters. The lowest BCUT2D eigenvalue weighted by Crippen LogP contribution is -2.41. The molecule has 8 heteroatoms. The highest BCUT2D eigenvalue weighted by atomic mass is 32.2. The zero-order valence-electron chi connectivity index (χ0n) is 17.3. The van der Waals surface area contributed by atoms with Crippen molar-refractivity contribution in [1.82, 2.24) is 14.9 Å². The van der Waals surface area contributed by atoms with Gasteiger partial charge in [-0.25, -0.2) is 4.68 Å². The van der Waals surface area contributed by atoms with Gasteiger partial charge < -0.3 is 15.5 Å². The van der Waals surface area contributed by atoms with E-state index in [1.54, 1.807) is 7.11 Å². The number of amides is 1. The van der Waals surface area contributed by atoms with Gasteiger partial charge in [-0.1, -0.05) is 49.9 Å². The zero-order valence-corrected chi connectivity index (χ0v) is 18.1. The quantitative estimate of drug-likeness (QED) is 0.628. The first kappa shape index (κ1) is 20.3. The summed E-state index contributed by atoms with van der Waals surface area (Å²) in [7, 11) is 1.62. The average molecular weight is 424 g/mol. The molecule has 1 aliphatic heterocycles. The number of ether oxygens (including phenoxy) is 1. The maximum absolute atomic E-state index is 13.3. The molecule has 0 aliphatic carbocycles. The Kier molecular flexibility index (Phi) is 5.94. The third-order valence-corrected chi connectivity index (χ3v) is 6.40. The molecule has 0 spiro atoms. The fraction of sp³-hybridized carbons (Fsp3) is 0.318. The van der Waals surface area contributed by atoms with Crippen molar-refractivity contribution in [2.75, 3.05) is 17.9 Å². The molecule has 2 aromatic carbocycles. The fourth-order valence-electron chi connectivity index (χ4n) is 3.43. The highest BCUT2D eigenvalue weighted by Gasteiger charge is 2.37. The second-order valence-corrected chi connectivity index (χ2v) is 8.15. The van der Waals surface area contributed by atoms with Crippen molar-refractivity contribution in [1.29, 1.82) is 0 Å². The maximum atomic E-state index is 13.3. The summed E-state index contributed by atoms with van der Waals surface area (Å²) in [5.74, 6) is 1.51. The highest BCUT2D eigenvalue weighted by Crippen LogP contribution is 2.37. The number of anilines is 1. The number of carbonyl (C=O) groups excluding carboxylic acids is 1.